The lowest BCUT2D eigenvalue weighted by molar-refractivity contribution is -0.152. The molecular weight excluding hydrogens is 712 g/mol. The molecule has 1 N–H and O–H groups in total. The number of unbranched alkanes of at least 4 members (excludes halogenated alkanes) is 1. The third-order valence-electron chi connectivity index (χ3n) is 6.17. The second kappa shape index (κ2) is 23.2. The molecule has 0 aromatic rings. The van der Waals surface area contributed by atoms with Crippen molar-refractivity contribution in [2.45, 2.75) is 138 Å². The molecule has 17 heteroatoms. The Kier molecular flexibility index (Phi) is 21.6. The summed E-state index contributed by atoms with van der Waals surface area (Å²) in [5.41, 5.74) is -2.93. The lowest BCUT2D eigenvalue weighted by Gasteiger charge is -2.30. The summed E-state index contributed by atoms with van der Waals surface area (Å²) in [5, 5.41) is 2.11. The molecule has 16 nitrogen and oxygen atoms in total. The maximum Gasteiger partial charge on any atom is 0.410 e. The zero-order chi connectivity index (χ0) is 41.0. The van der Waals surface area contributed by atoms with E-state index >= 15 is 0 Å². The van der Waals surface area contributed by atoms with Gasteiger partial charge in [0.1, 0.15) is 28.9 Å². The summed E-state index contributed by atoms with van der Waals surface area (Å²) in [4.78, 5) is 79.6. The van der Waals surface area contributed by atoms with Crippen molar-refractivity contribution in [3.8, 4) is 0 Å². The van der Waals surface area contributed by atoms with Crippen molar-refractivity contribution in [1.82, 2.24) is 20.0 Å². The molecule has 0 aromatic heterocycles. The van der Waals surface area contributed by atoms with Crippen LogP contribution in [0, 0.1) is 0 Å². The summed E-state index contributed by atoms with van der Waals surface area (Å²) in [6.45, 7) is 23.2. The fourth-order valence-corrected chi connectivity index (χ4v) is 4.51. The van der Waals surface area contributed by atoms with Crippen LogP contribution in [0.5, 0.6) is 0 Å². The van der Waals surface area contributed by atoms with Gasteiger partial charge in [0.05, 0.1) is 0 Å². The van der Waals surface area contributed by atoms with Gasteiger partial charge in [-0.3, -0.25) is 9.69 Å². The smallest absolute Gasteiger partial charge is 0.410 e. The second-order valence-electron chi connectivity index (χ2n) is 16.1. The summed E-state index contributed by atoms with van der Waals surface area (Å²) in [5.74, 6) is -0.301. The fraction of sp³-hybridized carbons (Fsp3) is 0.833. The Bertz CT molecular complexity index is 1170. The van der Waals surface area contributed by atoms with Crippen molar-refractivity contribution in [1.29, 1.82) is 0 Å². The first-order valence-corrected chi connectivity index (χ1v) is 19.1. The molecule has 308 valence electrons. The van der Waals surface area contributed by atoms with Gasteiger partial charge < -0.3 is 43.5 Å². The number of rotatable bonds is 18. The highest BCUT2D eigenvalue weighted by Gasteiger charge is 2.27. The summed E-state index contributed by atoms with van der Waals surface area (Å²) in [7, 11) is 0. The molecule has 0 atom stereocenters. The number of carbonyl (C=O) groups excluding carboxylic acids is 6. The summed E-state index contributed by atoms with van der Waals surface area (Å²) < 4.78 is 31.8. The van der Waals surface area contributed by atoms with Crippen molar-refractivity contribution >= 4 is 47.4 Å². The fourth-order valence-electron chi connectivity index (χ4n) is 4.14. The molecule has 0 saturated heterocycles. The predicted octanol–water partition coefficient (Wildman–Crippen LogP) is 7.17. The van der Waals surface area contributed by atoms with Crippen LogP contribution in [-0.4, -0.2) is 131 Å². The molecule has 0 bridgehead atoms. The van der Waals surface area contributed by atoms with Crippen molar-refractivity contribution in [2.24, 2.45) is 0 Å². The highest BCUT2D eigenvalue weighted by molar-refractivity contribution is 8.13. The normalized spacial score (nSPS) is 11.9. The van der Waals surface area contributed by atoms with Crippen LogP contribution in [0.25, 0.3) is 0 Å². The number of alkyl carbamates (subject to hydrolysis) is 1. The van der Waals surface area contributed by atoms with E-state index < -0.39 is 71.4 Å². The van der Waals surface area contributed by atoms with Gasteiger partial charge in [-0.2, -0.15) is 0 Å². The van der Waals surface area contributed by atoms with E-state index in [1.165, 1.54) is 9.80 Å². The lowest BCUT2D eigenvalue weighted by atomic mass is 10.2. The molecule has 0 unspecified atom stereocenters. The quantitative estimate of drug-likeness (QED) is 0.0641. The first kappa shape index (κ1) is 49.4. The lowest BCUT2D eigenvalue weighted by Crippen LogP contribution is -2.43. The highest BCUT2D eigenvalue weighted by atomic mass is 32.2. The second-order valence-corrected chi connectivity index (χ2v) is 17.3. The molecule has 0 aromatic carbocycles. The van der Waals surface area contributed by atoms with Gasteiger partial charge in [0.2, 0.25) is 6.79 Å². The molecule has 53 heavy (non-hydrogen) atoms. The zero-order valence-electron chi connectivity index (χ0n) is 34.3. The van der Waals surface area contributed by atoms with Crippen LogP contribution >= 0.6 is 11.8 Å². The molecule has 0 heterocycles. The first-order valence-electron chi connectivity index (χ1n) is 18.1. The van der Waals surface area contributed by atoms with Gasteiger partial charge >= 0.3 is 35.6 Å². The standard InChI is InChI=1S/C36H66N4O12S/c1-14-53-32(46)48-26-47-27(41)25-40(31(45)52-36(11,12)13)24-18-23-39(30(44)51-35(8,9)10)21-16-15-20-38(29(43)50-34(5,6)7)22-17-19-37-28(42)49-33(2,3)4/h14-26H2,1-13H3,(H,37,42). The highest BCUT2D eigenvalue weighted by Crippen LogP contribution is 2.15. The van der Waals surface area contributed by atoms with Gasteiger partial charge in [-0.15, -0.1) is 0 Å². The van der Waals surface area contributed by atoms with Crippen LogP contribution in [0.3, 0.4) is 0 Å². The van der Waals surface area contributed by atoms with Crippen LogP contribution in [-0.2, 0) is 33.2 Å². The van der Waals surface area contributed by atoms with E-state index in [0.717, 1.165) is 11.8 Å². The molecule has 0 fully saturated rings. The minimum atomic E-state index is -0.837. The number of nitrogens with one attached hydrogen (secondary N) is 1. The first-order chi connectivity index (χ1) is 24.2. The van der Waals surface area contributed by atoms with Crippen LogP contribution in [0.4, 0.5) is 24.0 Å². The number of hydrogen-bond donors (Lipinski definition) is 1. The Morgan fingerprint density at radius 3 is 1.36 bits per heavy atom. The van der Waals surface area contributed by atoms with Crippen LogP contribution < -0.4 is 5.32 Å². The van der Waals surface area contributed by atoms with Gasteiger partial charge in [0, 0.05) is 45.0 Å². The maximum atomic E-state index is 13.2. The topological polar surface area (TPSA) is 180 Å². The number of esters is 1. The largest absolute Gasteiger partial charge is 0.444 e. The van der Waals surface area contributed by atoms with Gasteiger partial charge in [-0.1, -0.05) is 6.92 Å². The van der Waals surface area contributed by atoms with Crippen LogP contribution in [0.2, 0.25) is 0 Å². The van der Waals surface area contributed by atoms with Gasteiger partial charge in [-0.25, -0.2) is 24.0 Å². The summed E-state index contributed by atoms with van der Waals surface area (Å²) in [6.07, 6.45) is -0.568. The Hall–Kier alpha value is -3.63. The predicted molar refractivity (Wildman–Crippen MR) is 202 cm³/mol. The van der Waals surface area contributed by atoms with Crippen molar-refractivity contribution < 1.29 is 57.2 Å². The number of nitrogens with zero attached hydrogens (tertiary/aromatic N) is 3. The number of carbonyl (C=O) groups is 6. The van der Waals surface area contributed by atoms with Gasteiger partial charge in [-0.05, 0) is 121 Å². The van der Waals surface area contributed by atoms with E-state index in [1.54, 1.807) is 94.9 Å². The zero-order valence-corrected chi connectivity index (χ0v) is 35.2. The van der Waals surface area contributed by atoms with Gasteiger partial charge in [0.25, 0.3) is 0 Å². The Morgan fingerprint density at radius 2 is 0.925 bits per heavy atom. The SMILES string of the molecule is CCSC(=O)OCOC(=O)CN(CCCN(CCCCN(CCCNC(=O)OC(C)(C)C)C(=O)OC(C)(C)C)C(=O)OC(C)(C)C)C(=O)OC(C)(C)C. The molecular formula is C36H66N4O12S. The molecule has 0 aliphatic carbocycles. The Balaban J connectivity index is 5.54. The molecule has 0 radical (unpaired) electrons. The van der Waals surface area contributed by atoms with Gasteiger partial charge in [0.15, 0.2) is 0 Å². The van der Waals surface area contributed by atoms with Crippen LogP contribution in [0.1, 0.15) is 116 Å². The van der Waals surface area contributed by atoms with E-state index in [9.17, 15) is 28.8 Å². The molecule has 0 aliphatic heterocycles. The van der Waals surface area contributed by atoms with Crippen molar-refractivity contribution in [3.05, 3.63) is 0 Å². The monoisotopic (exact) mass is 778 g/mol. The Morgan fingerprint density at radius 1 is 0.528 bits per heavy atom. The molecule has 0 aliphatic rings. The molecule has 0 spiro atoms. The minimum absolute atomic E-state index is 0.0402. The molecule has 0 saturated carbocycles. The average Bonchev–Trinajstić information content (AvgIpc) is 2.95. The Labute approximate surface area is 320 Å². The number of amides is 4. The third kappa shape index (κ3) is 27.6. The van der Waals surface area contributed by atoms with E-state index in [4.69, 9.17) is 28.4 Å². The van der Waals surface area contributed by atoms with Crippen LogP contribution in [0.15, 0.2) is 0 Å². The van der Waals surface area contributed by atoms with E-state index in [1.807, 2.05) is 0 Å². The minimum Gasteiger partial charge on any atom is -0.444 e. The van der Waals surface area contributed by atoms with Crippen molar-refractivity contribution in [3.63, 3.8) is 0 Å². The molecule has 0 rings (SSSR count). The third-order valence-corrected chi connectivity index (χ3v) is 6.81. The van der Waals surface area contributed by atoms with Crippen molar-refractivity contribution in [2.75, 3.05) is 58.4 Å². The van der Waals surface area contributed by atoms with E-state index in [2.05, 4.69) is 5.32 Å². The maximum absolute atomic E-state index is 13.2. The van der Waals surface area contributed by atoms with E-state index in [0.29, 0.717) is 44.6 Å². The number of thioether (sulfide) groups is 1. The van der Waals surface area contributed by atoms with E-state index in [-0.39, 0.29) is 26.1 Å². The summed E-state index contributed by atoms with van der Waals surface area (Å²) in [6, 6.07) is 0. The number of hydrogen-bond acceptors (Lipinski definition) is 13. The average molecular weight is 779 g/mol. The molecule has 4 amide bonds. The number of ether oxygens (including phenoxy) is 6. The summed E-state index contributed by atoms with van der Waals surface area (Å²) >= 11 is 0.926.